The lowest BCUT2D eigenvalue weighted by Crippen LogP contribution is -2.24. The summed E-state index contributed by atoms with van der Waals surface area (Å²) in [5.74, 6) is -0.319. The van der Waals surface area contributed by atoms with E-state index in [0.717, 1.165) is 0 Å². The first-order valence-electron chi connectivity index (χ1n) is 9.86. The zero-order valence-electron chi connectivity index (χ0n) is 18.1. The Morgan fingerprint density at radius 2 is 1.74 bits per heavy atom. The molecule has 1 atom stereocenters. The lowest BCUT2D eigenvalue weighted by molar-refractivity contribution is -0.155. The molecule has 0 radical (unpaired) electrons. The monoisotopic (exact) mass is 449 g/mol. The Balaban J connectivity index is 2.04. The summed E-state index contributed by atoms with van der Waals surface area (Å²) < 4.78 is 16.3. The normalized spacial score (nSPS) is 12.0. The van der Waals surface area contributed by atoms with Gasteiger partial charge >= 0.3 is 11.9 Å². The Hall–Kier alpha value is -2.93. The summed E-state index contributed by atoms with van der Waals surface area (Å²) in [6.07, 6.45) is 0.724. The molecule has 1 unspecified atom stereocenters. The Morgan fingerprint density at radius 1 is 1.10 bits per heavy atom. The topological polar surface area (TPSA) is 94.1 Å². The van der Waals surface area contributed by atoms with Crippen LogP contribution in [0.15, 0.2) is 42.5 Å². The average molecular weight is 450 g/mol. The lowest BCUT2D eigenvalue weighted by Gasteiger charge is -2.19. The van der Waals surface area contributed by atoms with Crippen molar-refractivity contribution < 1.29 is 28.9 Å². The molecule has 0 aliphatic carbocycles. The molecule has 2 N–H and O–H groups in total. The van der Waals surface area contributed by atoms with Gasteiger partial charge in [0, 0.05) is 35.3 Å². The Kier molecular flexibility index (Phi) is 8.56. The van der Waals surface area contributed by atoms with Crippen molar-refractivity contribution in [3.05, 3.63) is 53.1 Å². The van der Waals surface area contributed by atoms with Crippen molar-refractivity contribution in [1.82, 2.24) is 0 Å². The second-order valence-corrected chi connectivity index (χ2v) is 8.34. The highest BCUT2D eigenvalue weighted by molar-refractivity contribution is 6.30. The summed E-state index contributed by atoms with van der Waals surface area (Å²) in [7, 11) is 1.51. The fourth-order valence-corrected chi connectivity index (χ4v) is 2.89. The van der Waals surface area contributed by atoms with Crippen LogP contribution in [0.1, 0.15) is 45.2 Å². The van der Waals surface area contributed by atoms with E-state index in [1.165, 1.54) is 7.11 Å². The van der Waals surface area contributed by atoms with Gasteiger partial charge in [0.15, 0.2) is 6.04 Å². The maximum atomic E-state index is 11.8. The zero-order valence-corrected chi connectivity index (χ0v) is 18.9. The van der Waals surface area contributed by atoms with Crippen LogP contribution in [0.3, 0.4) is 0 Å². The average Bonchev–Trinajstić information content (AvgIpc) is 2.68. The fraction of sp³-hybridized carbons (Fsp3) is 0.391. The van der Waals surface area contributed by atoms with Crippen molar-refractivity contribution in [2.75, 3.05) is 19.0 Å². The van der Waals surface area contributed by atoms with E-state index in [1.807, 2.05) is 20.8 Å². The summed E-state index contributed by atoms with van der Waals surface area (Å²) in [6.45, 7) is 5.76. The van der Waals surface area contributed by atoms with Gasteiger partial charge in [-0.2, -0.15) is 0 Å². The number of carboxylic acids is 1. The number of ether oxygens (including phenoxy) is 3. The van der Waals surface area contributed by atoms with E-state index in [9.17, 15) is 14.7 Å². The molecule has 2 aromatic carbocycles. The zero-order chi connectivity index (χ0) is 23.0. The molecular weight excluding hydrogens is 422 g/mol. The lowest BCUT2D eigenvalue weighted by atomic mass is 10.1. The summed E-state index contributed by atoms with van der Waals surface area (Å²) in [5, 5.41) is 13.2. The minimum atomic E-state index is -1.04. The minimum Gasteiger partial charge on any atom is -0.497 e. The molecule has 0 amide bonds. The van der Waals surface area contributed by atoms with E-state index in [0.29, 0.717) is 40.8 Å². The predicted molar refractivity (Wildman–Crippen MR) is 119 cm³/mol. The molecule has 0 fully saturated rings. The molecule has 8 heteroatoms. The molecule has 0 saturated carbocycles. The summed E-state index contributed by atoms with van der Waals surface area (Å²) >= 11 is 5.90. The van der Waals surface area contributed by atoms with Gasteiger partial charge in [0.05, 0.1) is 13.7 Å². The number of anilines is 1. The molecule has 0 aliphatic heterocycles. The predicted octanol–water partition coefficient (Wildman–Crippen LogP) is 5.09. The SMILES string of the molecule is COc1cc(NC(C(=O)O)c2ccc(Cl)cc2)cc(OCCCC(=O)OC(C)(C)C)c1. The van der Waals surface area contributed by atoms with Crippen LogP contribution < -0.4 is 14.8 Å². The largest absolute Gasteiger partial charge is 0.497 e. The van der Waals surface area contributed by atoms with E-state index >= 15 is 0 Å². The van der Waals surface area contributed by atoms with Gasteiger partial charge in [0.1, 0.15) is 17.1 Å². The highest BCUT2D eigenvalue weighted by Crippen LogP contribution is 2.29. The number of hydrogen-bond donors (Lipinski definition) is 2. The van der Waals surface area contributed by atoms with Crippen LogP contribution in [0.2, 0.25) is 5.02 Å². The molecule has 0 saturated heterocycles. The molecular formula is C23H28ClNO6. The number of hydrogen-bond acceptors (Lipinski definition) is 6. The first kappa shape index (κ1) is 24.3. The summed E-state index contributed by atoms with van der Waals surface area (Å²) in [4.78, 5) is 23.6. The molecule has 0 aromatic heterocycles. The Bertz CT molecular complexity index is 892. The van der Waals surface area contributed by atoms with Gasteiger partial charge in [-0.1, -0.05) is 23.7 Å². The number of carbonyl (C=O) groups is 2. The van der Waals surface area contributed by atoms with Crippen molar-refractivity contribution in [2.45, 2.75) is 45.3 Å². The molecule has 0 heterocycles. The number of aliphatic carboxylic acids is 1. The van der Waals surface area contributed by atoms with Gasteiger partial charge in [-0.15, -0.1) is 0 Å². The number of esters is 1. The number of halogens is 1. The van der Waals surface area contributed by atoms with Gasteiger partial charge < -0.3 is 24.6 Å². The highest BCUT2D eigenvalue weighted by Gasteiger charge is 2.20. The second-order valence-electron chi connectivity index (χ2n) is 7.90. The fourth-order valence-electron chi connectivity index (χ4n) is 2.76. The van der Waals surface area contributed by atoms with Crippen LogP contribution in [-0.4, -0.2) is 36.4 Å². The van der Waals surface area contributed by atoms with Crippen LogP contribution >= 0.6 is 11.6 Å². The van der Waals surface area contributed by atoms with Gasteiger partial charge in [0.2, 0.25) is 0 Å². The van der Waals surface area contributed by atoms with Crippen molar-refractivity contribution in [3.8, 4) is 11.5 Å². The van der Waals surface area contributed by atoms with Crippen LogP contribution in [0.25, 0.3) is 0 Å². The van der Waals surface area contributed by atoms with Gasteiger partial charge in [0.25, 0.3) is 0 Å². The molecule has 2 rings (SSSR count). The van der Waals surface area contributed by atoms with Crippen LogP contribution in [0, 0.1) is 0 Å². The maximum absolute atomic E-state index is 11.8. The molecule has 0 spiro atoms. The third-order valence-electron chi connectivity index (χ3n) is 4.09. The van der Waals surface area contributed by atoms with E-state index in [4.69, 9.17) is 25.8 Å². The van der Waals surface area contributed by atoms with Crippen LogP contribution in [0.5, 0.6) is 11.5 Å². The van der Waals surface area contributed by atoms with E-state index in [1.54, 1.807) is 42.5 Å². The van der Waals surface area contributed by atoms with Crippen LogP contribution in [0.4, 0.5) is 5.69 Å². The smallest absolute Gasteiger partial charge is 0.330 e. The number of rotatable bonds is 10. The van der Waals surface area contributed by atoms with Crippen molar-refractivity contribution in [2.24, 2.45) is 0 Å². The van der Waals surface area contributed by atoms with Gasteiger partial charge in [-0.25, -0.2) is 4.79 Å². The third-order valence-corrected chi connectivity index (χ3v) is 4.34. The Labute approximate surface area is 187 Å². The number of methoxy groups -OCH3 is 1. The molecule has 7 nitrogen and oxygen atoms in total. The standard InChI is InChI=1S/C23H28ClNO6/c1-23(2,3)31-20(26)6-5-11-30-19-13-17(12-18(14-19)29-4)25-21(22(27)28)15-7-9-16(24)10-8-15/h7-10,12-14,21,25H,5-6,11H2,1-4H3,(H,27,28). The van der Waals surface area contributed by atoms with E-state index < -0.39 is 17.6 Å². The van der Waals surface area contributed by atoms with Gasteiger partial charge in [-0.3, -0.25) is 4.79 Å². The molecule has 0 bridgehead atoms. The number of carboxylic acid groups (broad SMARTS) is 1. The van der Waals surface area contributed by atoms with Gasteiger partial charge in [-0.05, 0) is 44.9 Å². The van der Waals surface area contributed by atoms with E-state index in [2.05, 4.69) is 5.32 Å². The van der Waals surface area contributed by atoms with Crippen molar-refractivity contribution in [3.63, 3.8) is 0 Å². The number of benzene rings is 2. The van der Waals surface area contributed by atoms with Crippen molar-refractivity contribution >= 4 is 29.2 Å². The molecule has 31 heavy (non-hydrogen) atoms. The molecule has 0 aliphatic rings. The first-order chi connectivity index (χ1) is 14.6. The first-order valence-corrected chi connectivity index (χ1v) is 10.2. The quantitative estimate of drug-likeness (QED) is 0.385. The molecule has 168 valence electrons. The maximum Gasteiger partial charge on any atom is 0.330 e. The summed E-state index contributed by atoms with van der Waals surface area (Å²) in [6, 6.07) is 10.7. The van der Waals surface area contributed by atoms with Crippen molar-refractivity contribution in [1.29, 1.82) is 0 Å². The minimum absolute atomic E-state index is 0.240. The van der Waals surface area contributed by atoms with E-state index in [-0.39, 0.29) is 12.4 Å². The second kappa shape index (κ2) is 10.9. The highest BCUT2D eigenvalue weighted by atomic mass is 35.5. The Morgan fingerprint density at radius 3 is 2.32 bits per heavy atom. The van der Waals surface area contributed by atoms with Crippen LogP contribution in [-0.2, 0) is 14.3 Å². The number of carbonyl (C=O) groups excluding carboxylic acids is 1. The summed E-state index contributed by atoms with van der Waals surface area (Å²) in [5.41, 5.74) is 0.555. The number of nitrogens with one attached hydrogen (secondary N) is 1. The molecule has 2 aromatic rings. The third kappa shape index (κ3) is 8.38.